The van der Waals surface area contributed by atoms with Crippen LogP contribution in [0.2, 0.25) is 0 Å². The molecule has 1 aromatic carbocycles. The second kappa shape index (κ2) is 8.89. The molecule has 1 fully saturated rings. The van der Waals surface area contributed by atoms with Gasteiger partial charge < -0.3 is 10.2 Å². The fourth-order valence-electron chi connectivity index (χ4n) is 3.61. The van der Waals surface area contributed by atoms with Crippen LogP contribution in [0.5, 0.6) is 0 Å². The van der Waals surface area contributed by atoms with Crippen LogP contribution < -0.4 is 10.2 Å². The molecule has 8 heteroatoms. The van der Waals surface area contributed by atoms with E-state index in [0.717, 1.165) is 43.4 Å². The summed E-state index contributed by atoms with van der Waals surface area (Å²) in [6, 6.07) is 6.17. The van der Waals surface area contributed by atoms with Crippen molar-refractivity contribution in [2.75, 3.05) is 42.9 Å². The summed E-state index contributed by atoms with van der Waals surface area (Å²) >= 11 is 1.46. The number of rotatable bonds is 5. The highest BCUT2D eigenvalue weighted by atomic mass is 32.1. The number of thiazole rings is 1. The van der Waals surface area contributed by atoms with Gasteiger partial charge >= 0.3 is 0 Å². The largest absolute Gasteiger partial charge is 0.338 e. The molecule has 0 aliphatic carbocycles. The van der Waals surface area contributed by atoms with E-state index in [1.807, 2.05) is 11.4 Å². The lowest BCUT2D eigenvalue weighted by molar-refractivity contribution is -0.117. The molecule has 1 N–H and O–H groups in total. The molecule has 3 aromatic rings. The molecule has 4 rings (SSSR count). The molecule has 1 amide bonds. The van der Waals surface area contributed by atoms with E-state index in [9.17, 15) is 4.79 Å². The Hall–Kier alpha value is -2.84. The van der Waals surface area contributed by atoms with Crippen molar-refractivity contribution in [1.82, 2.24) is 19.9 Å². The molecule has 156 valence electrons. The molecule has 7 nitrogen and oxygen atoms in total. The first-order valence-electron chi connectivity index (χ1n) is 10.1. The van der Waals surface area contributed by atoms with Crippen LogP contribution in [-0.4, -0.2) is 58.5 Å². The van der Waals surface area contributed by atoms with Gasteiger partial charge in [-0.15, -0.1) is 11.3 Å². The molecule has 0 saturated carbocycles. The van der Waals surface area contributed by atoms with Crippen LogP contribution in [-0.2, 0) is 4.79 Å². The first-order valence-corrected chi connectivity index (χ1v) is 11.0. The van der Waals surface area contributed by atoms with Crippen molar-refractivity contribution in [2.24, 2.45) is 0 Å². The molecule has 0 bridgehead atoms. The second-order valence-corrected chi connectivity index (χ2v) is 8.51. The molecule has 1 aliphatic heterocycles. The highest BCUT2D eigenvalue weighted by Crippen LogP contribution is 2.29. The van der Waals surface area contributed by atoms with Gasteiger partial charge in [-0.2, -0.15) is 0 Å². The molecule has 0 radical (unpaired) electrons. The van der Waals surface area contributed by atoms with Crippen molar-refractivity contribution < 1.29 is 4.79 Å². The Kier molecular flexibility index (Phi) is 6.06. The maximum Gasteiger partial charge on any atom is 0.240 e. The Labute approximate surface area is 180 Å². The Bertz CT molecular complexity index is 1030. The zero-order chi connectivity index (χ0) is 21.1. The van der Waals surface area contributed by atoms with Gasteiger partial charge in [0.2, 0.25) is 11.9 Å². The minimum atomic E-state index is -0.0304. The maximum atomic E-state index is 12.5. The summed E-state index contributed by atoms with van der Waals surface area (Å²) in [5.74, 6) is 0.718. The third kappa shape index (κ3) is 4.66. The van der Waals surface area contributed by atoms with E-state index in [2.05, 4.69) is 63.0 Å². The Morgan fingerprint density at radius 2 is 1.73 bits per heavy atom. The van der Waals surface area contributed by atoms with E-state index in [-0.39, 0.29) is 5.91 Å². The minimum Gasteiger partial charge on any atom is -0.338 e. The SMILES string of the molecule is Cc1cc(C)c(-c2csc(NC(=O)CN3CCN(c4ncccn4)CC3)n2)cc1C. The average molecular weight is 423 g/mol. The minimum absolute atomic E-state index is 0.0304. The maximum absolute atomic E-state index is 12.5. The highest BCUT2D eigenvalue weighted by molar-refractivity contribution is 7.14. The number of hydrogen-bond acceptors (Lipinski definition) is 7. The van der Waals surface area contributed by atoms with Gasteiger partial charge in [0.15, 0.2) is 5.13 Å². The molecule has 1 saturated heterocycles. The lowest BCUT2D eigenvalue weighted by Gasteiger charge is -2.34. The second-order valence-electron chi connectivity index (χ2n) is 7.65. The third-order valence-electron chi connectivity index (χ3n) is 5.44. The van der Waals surface area contributed by atoms with Crippen molar-refractivity contribution in [3.05, 3.63) is 52.7 Å². The Balaban J connectivity index is 1.32. The average Bonchev–Trinajstić information content (AvgIpc) is 3.20. The van der Waals surface area contributed by atoms with Crippen LogP contribution in [0.25, 0.3) is 11.3 Å². The fraction of sp³-hybridized carbons (Fsp3) is 0.364. The number of aromatic nitrogens is 3. The summed E-state index contributed by atoms with van der Waals surface area (Å²) in [7, 11) is 0. The Morgan fingerprint density at radius 3 is 2.47 bits per heavy atom. The number of carbonyl (C=O) groups is 1. The van der Waals surface area contributed by atoms with E-state index in [1.165, 1.54) is 28.0 Å². The van der Waals surface area contributed by atoms with Crippen molar-refractivity contribution in [3.8, 4) is 11.3 Å². The zero-order valence-corrected chi connectivity index (χ0v) is 18.4. The smallest absolute Gasteiger partial charge is 0.240 e. The van der Waals surface area contributed by atoms with Gasteiger partial charge in [-0.25, -0.2) is 15.0 Å². The van der Waals surface area contributed by atoms with Gasteiger partial charge in [0.1, 0.15) is 0 Å². The van der Waals surface area contributed by atoms with E-state index in [0.29, 0.717) is 11.7 Å². The molecule has 30 heavy (non-hydrogen) atoms. The van der Waals surface area contributed by atoms with Crippen molar-refractivity contribution >= 4 is 28.3 Å². The van der Waals surface area contributed by atoms with Gasteiger partial charge in [0.25, 0.3) is 0 Å². The number of carbonyl (C=O) groups excluding carboxylic acids is 1. The van der Waals surface area contributed by atoms with Crippen LogP contribution in [0.3, 0.4) is 0 Å². The molecule has 0 spiro atoms. The van der Waals surface area contributed by atoms with Crippen molar-refractivity contribution in [1.29, 1.82) is 0 Å². The monoisotopic (exact) mass is 422 g/mol. The molecule has 2 aromatic heterocycles. The number of amides is 1. The number of benzene rings is 1. The zero-order valence-electron chi connectivity index (χ0n) is 17.6. The van der Waals surface area contributed by atoms with Crippen LogP contribution in [0, 0.1) is 20.8 Å². The van der Waals surface area contributed by atoms with Crippen molar-refractivity contribution in [3.63, 3.8) is 0 Å². The van der Waals surface area contributed by atoms with Gasteiger partial charge in [0, 0.05) is 49.5 Å². The fourth-order valence-corrected chi connectivity index (χ4v) is 4.34. The normalized spacial score (nSPS) is 14.7. The first kappa shape index (κ1) is 20.4. The van der Waals surface area contributed by atoms with Gasteiger partial charge in [-0.05, 0) is 49.6 Å². The predicted molar refractivity (Wildman–Crippen MR) is 121 cm³/mol. The summed E-state index contributed by atoms with van der Waals surface area (Å²) < 4.78 is 0. The predicted octanol–water partition coefficient (Wildman–Crippen LogP) is 3.29. The number of nitrogens with zero attached hydrogens (tertiary/aromatic N) is 5. The van der Waals surface area contributed by atoms with Crippen LogP contribution >= 0.6 is 11.3 Å². The number of anilines is 2. The molecule has 0 atom stereocenters. The lowest BCUT2D eigenvalue weighted by atomic mass is 9.99. The Morgan fingerprint density at radius 1 is 1.03 bits per heavy atom. The van der Waals surface area contributed by atoms with Crippen LogP contribution in [0.1, 0.15) is 16.7 Å². The molecular formula is C22H26N6OS. The van der Waals surface area contributed by atoms with Crippen molar-refractivity contribution in [2.45, 2.75) is 20.8 Å². The number of piperazine rings is 1. The highest BCUT2D eigenvalue weighted by Gasteiger charge is 2.21. The third-order valence-corrected chi connectivity index (χ3v) is 6.20. The first-order chi connectivity index (χ1) is 14.5. The quantitative estimate of drug-likeness (QED) is 0.680. The van der Waals surface area contributed by atoms with E-state index in [4.69, 9.17) is 0 Å². The van der Waals surface area contributed by atoms with Gasteiger partial charge in [-0.1, -0.05) is 6.07 Å². The summed E-state index contributed by atoms with van der Waals surface area (Å²) in [4.78, 5) is 30.1. The van der Waals surface area contributed by atoms with Crippen LogP contribution in [0.15, 0.2) is 36.0 Å². The molecule has 3 heterocycles. The summed E-state index contributed by atoms with van der Waals surface area (Å²) in [6.45, 7) is 9.91. The number of hydrogen-bond donors (Lipinski definition) is 1. The standard InChI is InChI=1S/C22H26N6OS/c1-15-11-17(3)18(12-16(15)2)19-14-30-22(25-19)26-20(29)13-27-7-9-28(10-8-27)21-23-5-4-6-24-21/h4-6,11-12,14H,7-10,13H2,1-3H3,(H,25,26,29). The van der Waals surface area contributed by atoms with E-state index >= 15 is 0 Å². The molecule has 0 unspecified atom stereocenters. The van der Waals surface area contributed by atoms with E-state index in [1.54, 1.807) is 12.4 Å². The topological polar surface area (TPSA) is 74.2 Å². The van der Waals surface area contributed by atoms with Gasteiger partial charge in [-0.3, -0.25) is 9.69 Å². The summed E-state index contributed by atoms with van der Waals surface area (Å²) in [5, 5.41) is 5.60. The molecule has 1 aliphatic rings. The lowest BCUT2D eigenvalue weighted by Crippen LogP contribution is -2.49. The number of nitrogens with one attached hydrogen (secondary N) is 1. The van der Waals surface area contributed by atoms with Gasteiger partial charge in [0.05, 0.1) is 12.2 Å². The van der Waals surface area contributed by atoms with Crippen LogP contribution in [0.4, 0.5) is 11.1 Å². The molecular weight excluding hydrogens is 396 g/mol. The summed E-state index contributed by atoms with van der Waals surface area (Å²) in [6.07, 6.45) is 3.51. The summed E-state index contributed by atoms with van der Waals surface area (Å²) in [5.41, 5.74) is 5.75. The van der Waals surface area contributed by atoms with E-state index < -0.39 is 0 Å². The number of aryl methyl sites for hydroxylation is 3.